The number of hydrogen-bond acceptors (Lipinski definition) is 5. The summed E-state index contributed by atoms with van der Waals surface area (Å²) >= 11 is 0. The number of nitrogens with one attached hydrogen (secondary N) is 1. The predicted octanol–water partition coefficient (Wildman–Crippen LogP) is 3.22. The summed E-state index contributed by atoms with van der Waals surface area (Å²) in [4.78, 5) is 24.5. The molecule has 0 bridgehead atoms. The van der Waals surface area contributed by atoms with Gasteiger partial charge in [-0.3, -0.25) is 9.69 Å². The van der Waals surface area contributed by atoms with Crippen LogP contribution in [0.3, 0.4) is 0 Å². The molecule has 1 amide bonds. The van der Waals surface area contributed by atoms with Gasteiger partial charge in [0.05, 0.1) is 17.8 Å². The predicted molar refractivity (Wildman–Crippen MR) is 121 cm³/mol. The Hall–Kier alpha value is -2.80. The van der Waals surface area contributed by atoms with Crippen LogP contribution in [0.4, 0.5) is 17.2 Å². The average Bonchev–Trinajstić information content (AvgIpc) is 3.38. The van der Waals surface area contributed by atoms with E-state index in [-0.39, 0.29) is 18.0 Å². The summed E-state index contributed by atoms with van der Waals surface area (Å²) in [7, 11) is 4.01. The number of para-hydroxylation sites is 1. The van der Waals surface area contributed by atoms with E-state index in [4.69, 9.17) is 4.99 Å². The molecule has 0 aliphatic carbocycles. The van der Waals surface area contributed by atoms with Crippen molar-refractivity contribution in [2.24, 2.45) is 10.9 Å². The third kappa shape index (κ3) is 2.99. The minimum Gasteiger partial charge on any atom is -0.341 e. The molecule has 7 nitrogen and oxygen atoms in total. The number of likely N-dealkylation sites (tertiary alicyclic amines) is 1. The highest BCUT2D eigenvalue weighted by atomic mass is 16.2. The number of benzene rings is 1. The third-order valence-electron chi connectivity index (χ3n) is 6.76. The van der Waals surface area contributed by atoms with Crippen molar-refractivity contribution in [3.05, 3.63) is 42.1 Å². The van der Waals surface area contributed by atoms with Gasteiger partial charge in [-0.05, 0) is 51.9 Å². The van der Waals surface area contributed by atoms with Crippen molar-refractivity contribution in [2.45, 2.75) is 38.9 Å². The van der Waals surface area contributed by atoms with Gasteiger partial charge >= 0.3 is 0 Å². The molecule has 0 radical (unpaired) electrons. The summed E-state index contributed by atoms with van der Waals surface area (Å²) in [6.07, 6.45) is 3.34. The molecule has 7 heteroatoms. The minimum atomic E-state index is 0.00187. The van der Waals surface area contributed by atoms with Gasteiger partial charge in [-0.1, -0.05) is 18.2 Å². The molecule has 3 aliphatic heterocycles. The molecule has 30 heavy (non-hydrogen) atoms. The van der Waals surface area contributed by atoms with Crippen LogP contribution in [-0.2, 0) is 6.54 Å². The van der Waals surface area contributed by atoms with E-state index in [0.717, 1.165) is 48.3 Å². The van der Waals surface area contributed by atoms with Crippen LogP contribution in [0, 0.1) is 5.92 Å². The second kappa shape index (κ2) is 7.16. The van der Waals surface area contributed by atoms with E-state index in [1.54, 1.807) is 4.90 Å². The van der Waals surface area contributed by atoms with Gasteiger partial charge in [-0.15, -0.1) is 0 Å². The fourth-order valence-corrected chi connectivity index (χ4v) is 4.91. The van der Waals surface area contributed by atoms with Crippen LogP contribution in [0.15, 0.2) is 41.5 Å². The Morgan fingerprint density at radius 2 is 1.93 bits per heavy atom. The lowest BCUT2D eigenvalue weighted by Gasteiger charge is -2.34. The Morgan fingerprint density at radius 3 is 2.63 bits per heavy atom. The lowest BCUT2D eigenvalue weighted by Crippen LogP contribution is -2.50. The molecule has 1 N–H and O–H groups in total. The van der Waals surface area contributed by atoms with Crippen LogP contribution >= 0.6 is 0 Å². The van der Waals surface area contributed by atoms with E-state index in [1.165, 1.54) is 6.42 Å². The molecule has 3 unspecified atom stereocenters. The maximum atomic E-state index is 13.4. The molecule has 1 fully saturated rings. The first-order valence-corrected chi connectivity index (χ1v) is 10.8. The highest BCUT2D eigenvalue weighted by molar-refractivity contribution is 6.21. The van der Waals surface area contributed by atoms with Crippen molar-refractivity contribution in [3.8, 4) is 0 Å². The summed E-state index contributed by atoms with van der Waals surface area (Å²) in [6, 6.07) is 10.5. The van der Waals surface area contributed by atoms with Crippen molar-refractivity contribution in [2.75, 3.05) is 37.4 Å². The van der Waals surface area contributed by atoms with Gasteiger partial charge in [0.15, 0.2) is 0 Å². The van der Waals surface area contributed by atoms with Crippen molar-refractivity contribution in [3.63, 3.8) is 0 Å². The summed E-state index contributed by atoms with van der Waals surface area (Å²) < 4.78 is 2.26. The molecule has 3 aliphatic rings. The van der Waals surface area contributed by atoms with Gasteiger partial charge in [0, 0.05) is 32.0 Å². The van der Waals surface area contributed by atoms with Crippen LogP contribution in [0.25, 0.3) is 0 Å². The molecule has 5 rings (SSSR count). The normalized spacial score (nSPS) is 26.1. The number of carbonyl (C=O) groups excluding carboxylic acids is 1. The standard InChI is InChI=1S/C23H30N6O/c1-15-16(2)29-19-14-28(13-17-10-11-26(3)12-17)21(25-18-8-6-5-7-9-18)20(19)22(30)27(4)23(29)24-15/h5-9,14-17,25H,10-13H2,1-4H3. The topological polar surface area (TPSA) is 56.1 Å². The zero-order chi connectivity index (χ0) is 21.0. The maximum Gasteiger partial charge on any atom is 0.266 e. The van der Waals surface area contributed by atoms with Gasteiger partial charge in [-0.25, -0.2) is 4.99 Å². The highest BCUT2D eigenvalue weighted by Gasteiger charge is 2.44. The summed E-state index contributed by atoms with van der Waals surface area (Å²) in [5.74, 6) is 2.23. The van der Waals surface area contributed by atoms with E-state index in [9.17, 15) is 4.79 Å². The Bertz CT molecular complexity index is 997. The first-order chi connectivity index (χ1) is 14.4. The fourth-order valence-electron chi connectivity index (χ4n) is 4.91. The van der Waals surface area contributed by atoms with E-state index in [2.05, 4.69) is 46.8 Å². The monoisotopic (exact) mass is 406 g/mol. The van der Waals surface area contributed by atoms with E-state index in [1.807, 2.05) is 37.4 Å². The molecule has 0 saturated carbocycles. The van der Waals surface area contributed by atoms with Crippen LogP contribution < -0.4 is 10.2 Å². The number of fused-ring (bicyclic) bond motifs is 3. The SMILES string of the molecule is CC1N=C2N(C)C(=O)c3c(cn(CC4CCN(C)C4)c3Nc3ccccc3)N2C1C. The second-order valence-electron chi connectivity index (χ2n) is 8.94. The summed E-state index contributed by atoms with van der Waals surface area (Å²) in [6.45, 7) is 7.41. The van der Waals surface area contributed by atoms with Gasteiger partial charge in [-0.2, -0.15) is 0 Å². The number of hydrogen-bond donors (Lipinski definition) is 1. The van der Waals surface area contributed by atoms with Crippen molar-refractivity contribution in [1.29, 1.82) is 0 Å². The number of anilines is 3. The number of amides is 1. The average molecular weight is 407 g/mol. The first kappa shape index (κ1) is 19.2. The molecule has 1 aromatic carbocycles. The molecule has 158 valence electrons. The van der Waals surface area contributed by atoms with Gasteiger partial charge in [0.2, 0.25) is 5.96 Å². The van der Waals surface area contributed by atoms with Crippen molar-refractivity contribution < 1.29 is 4.79 Å². The number of rotatable bonds is 4. The number of aromatic nitrogens is 1. The molecular weight excluding hydrogens is 376 g/mol. The molecule has 2 aromatic rings. The number of aliphatic imine (C=N–C) groups is 1. The Morgan fingerprint density at radius 1 is 1.17 bits per heavy atom. The Kier molecular flexibility index (Phi) is 4.58. The Balaban J connectivity index is 1.61. The van der Waals surface area contributed by atoms with Gasteiger partial charge < -0.3 is 19.7 Å². The maximum absolute atomic E-state index is 13.4. The first-order valence-electron chi connectivity index (χ1n) is 10.8. The lowest BCUT2D eigenvalue weighted by molar-refractivity contribution is 0.0866. The molecule has 0 spiro atoms. The number of nitrogens with zero attached hydrogens (tertiary/aromatic N) is 5. The van der Waals surface area contributed by atoms with E-state index in [0.29, 0.717) is 5.92 Å². The van der Waals surface area contributed by atoms with Crippen molar-refractivity contribution >= 4 is 29.1 Å². The quantitative estimate of drug-likeness (QED) is 0.847. The van der Waals surface area contributed by atoms with Gasteiger partial charge in [0.25, 0.3) is 5.91 Å². The van der Waals surface area contributed by atoms with Crippen molar-refractivity contribution in [1.82, 2.24) is 14.4 Å². The van der Waals surface area contributed by atoms with Crippen LogP contribution in [0.2, 0.25) is 0 Å². The molecule has 4 heterocycles. The van der Waals surface area contributed by atoms with Gasteiger partial charge in [0.1, 0.15) is 11.4 Å². The lowest BCUT2D eigenvalue weighted by atomic mass is 10.1. The number of guanidine groups is 1. The minimum absolute atomic E-state index is 0.00187. The van der Waals surface area contributed by atoms with E-state index >= 15 is 0 Å². The van der Waals surface area contributed by atoms with Crippen LogP contribution in [-0.4, -0.2) is 65.5 Å². The Labute approximate surface area is 178 Å². The zero-order valence-corrected chi connectivity index (χ0v) is 18.2. The molecular formula is C23H30N6O. The largest absolute Gasteiger partial charge is 0.341 e. The zero-order valence-electron chi connectivity index (χ0n) is 18.2. The molecule has 1 aromatic heterocycles. The van der Waals surface area contributed by atoms with E-state index < -0.39 is 0 Å². The molecule has 3 atom stereocenters. The highest BCUT2D eigenvalue weighted by Crippen LogP contribution is 2.41. The summed E-state index contributed by atoms with van der Waals surface area (Å²) in [5.41, 5.74) is 2.70. The number of carbonyl (C=O) groups is 1. The second-order valence-corrected chi connectivity index (χ2v) is 8.94. The van der Waals surface area contributed by atoms with Crippen LogP contribution in [0.5, 0.6) is 0 Å². The van der Waals surface area contributed by atoms with Crippen LogP contribution in [0.1, 0.15) is 30.6 Å². The smallest absolute Gasteiger partial charge is 0.266 e. The molecule has 1 saturated heterocycles. The third-order valence-corrected chi connectivity index (χ3v) is 6.76. The fraction of sp³-hybridized carbons (Fsp3) is 0.478. The summed E-state index contributed by atoms with van der Waals surface area (Å²) in [5, 5.41) is 3.56.